The van der Waals surface area contributed by atoms with E-state index in [2.05, 4.69) is 0 Å². The molecule has 1 saturated heterocycles. The van der Waals surface area contributed by atoms with E-state index in [-0.39, 0.29) is 12.5 Å². The van der Waals surface area contributed by atoms with E-state index in [1.807, 2.05) is 49.4 Å². The summed E-state index contributed by atoms with van der Waals surface area (Å²) in [5.74, 6) is 1.16. The quantitative estimate of drug-likeness (QED) is 0.763. The van der Waals surface area contributed by atoms with Crippen LogP contribution in [-0.2, 0) is 4.74 Å². The number of rotatable bonds is 3. The Morgan fingerprint density at radius 1 is 0.926 bits per heavy atom. The molecular formula is C21H24O6. The van der Waals surface area contributed by atoms with Crippen molar-refractivity contribution in [2.24, 2.45) is 5.92 Å². The van der Waals surface area contributed by atoms with Crippen LogP contribution in [0.5, 0.6) is 11.5 Å². The summed E-state index contributed by atoms with van der Waals surface area (Å²) in [5, 5.41) is 29.8. The minimum Gasteiger partial charge on any atom is -0.486 e. The molecule has 5 atom stereocenters. The van der Waals surface area contributed by atoms with Crippen molar-refractivity contribution in [1.29, 1.82) is 0 Å². The van der Waals surface area contributed by atoms with Crippen molar-refractivity contribution in [3.8, 4) is 22.6 Å². The zero-order valence-corrected chi connectivity index (χ0v) is 15.1. The molecule has 0 saturated carbocycles. The molecule has 5 unspecified atom stereocenters. The normalized spacial score (nSPS) is 30.1. The summed E-state index contributed by atoms with van der Waals surface area (Å²) in [7, 11) is 0. The molecule has 1 fully saturated rings. The average Bonchev–Trinajstić information content (AvgIpc) is 2.72. The van der Waals surface area contributed by atoms with Crippen LogP contribution < -0.4 is 9.47 Å². The summed E-state index contributed by atoms with van der Waals surface area (Å²) in [6, 6.07) is 13.7. The molecule has 4 rings (SSSR count). The monoisotopic (exact) mass is 372 g/mol. The highest BCUT2D eigenvalue weighted by atomic mass is 16.6. The van der Waals surface area contributed by atoms with Gasteiger partial charge >= 0.3 is 0 Å². The van der Waals surface area contributed by atoms with Crippen LogP contribution in [0.3, 0.4) is 0 Å². The molecule has 0 bridgehead atoms. The molecule has 0 aromatic heterocycles. The van der Waals surface area contributed by atoms with Crippen molar-refractivity contribution in [3.63, 3.8) is 0 Å². The Morgan fingerprint density at radius 2 is 1.67 bits per heavy atom. The molecule has 0 spiro atoms. The number of ether oxygens (including phenoxy) is 3. The molecule has 6 nitrogen and oxygen atoms in total. The van der Waals surface area contributed by atoms with Gasteiger partial charge in [0.25, 0.3) is 0 Å². The average molecular weight is 372 g/mol. The van der Waals surface area contributed by atoms with Crippen LogP contribution in [-0.4, -0.2) is 53.5 Å². The standard InChI is InChI=1S/C21H24O6/c1-12-19(23)20(24)18(11-22)27-21(12)15-4-2-3-13(9-15)14-5-6-16-17(10-14)26-8-7-25-16/h2-6,9-10,12,18-24H,7-8,11H2,1H3. The molecule has 0 radical (unpaired) electrons. The molecule has 144 valence electrons. The van der Waals surface area contributed by atoms with Crippen LogP contribution in [0.25, 0.3) is 11.1 Å². The summed E-state index contributed by atoms with van der Waals surface area (Å²) in [4.78, 5) is 0. The lowest BCUT2D eigenvalue weighted by Gasteiger charge is -2.41. The van der Waals surface area contributed by atoms with Gasteiger partial charge in [-0.05, 0) is 34.9 Å². The summed E-state index contributed by atoms with van der Waals surface area (Å²) >= 11 is 0. The molecular weight excluding hydrogens is 348 g/mol. The topological polar surface area (TPSA) is 88.4 Å². The van der Waals surface area contributed by atoms with Gasteiger partial charge in [-0.25, -0.2) is 0 Å². The molecule has 0 amide bonds. The second kappa shape index (κ2) is 7.48. The van der Waals surface area contributed by atoms with E-state index in [0.717, 1.165) is 28.2 Å². The lowest BCUT2D eigenvalue weighted by atomic mass is 9.84. The summed E-state index contributed by atoms with van der Waals surface area (Å²) in [6.07, 6.45) is -3.28. The predicted octanol–water partition coefficient (Wildman–Crippen LogP) is 1.91. The molecule has 6 heteroatoms. The van der Waals surface area contributed by atoms with Gasteiger partial charge in [-0.1, -0.05) is 31.2 Å². The first-order chi connectivity index (χ1) is 13.1. The first-order valence-electron chi connectivity index (χ1n) is 9.21. The smallest absolute Gasteiger partial charge is 0.161 e. The third-order valence-electron chi connectivity index (χ3n) is 5.34. The number of aliphatic hydroxyl groups is 3. The molecule has 3 N–H and O–H groups in total. The van der Waals surface area contributed by atoms with Gasteiger partial charge in [0.15, 0.2) is 11.5 Å². The molecule has 2 aliphatic heterocycles. The van der Waals surface area contributed by atoms with Crippen LogP contribution in [0.1, 0.15) is 18.6 Å². The van der Waals surface area contributed by atoms with Crippen LogP contribution in [0, 0.1) is 5.92 Å². The van der Waals surface area contributed by atoms with Gasteiger partial charge in [-0.2, -0.15) is 0 Å². The number of fused-ring (bicyclic) bond motifs is 1. The third kappa shape index (κ3) is 3.41. The molecule has 2 aromatic carbocycles. The highest BCUT2D eigenvalue weighted by Crippen LogP contribution is 2.39. The highest BCUT2D eigenvalue weighted by Gasteiger charge is 2.42. The van der Waals surface area contributed by atoms with Crippen molar-refractivity contribution in [3.05, 3.63) is 48.0 Å². The number of aliphatic hydroxyl groups excluding tert-OH is 3. The number of hydrogen-bond acceptors (Lipinski definition) is 6. The number of hydrogen-bond donors (Lipinski definition) is 3. The van der Waals surface area contributed by atoms with E-state index in [1.54, 1.807) is 0 Å². The first kappa shape index (κ1) is 18.3. The molecule has 0 aliphatic carbocycles. The fraction of sp³-hybridized carbons (Fsp3) is 0.429. The highest BCUT2D eigenvalue weighted by molar-refractivity contribution is 5.68. The van der Waals surface area contributed by atoms with E-state index >= 15 is 0 Å². The van der Waals surface area contributed by atoms with Crippen molar-refractivity contribution in [1.82, 2.24) is 0 Å². The third-order valence-corrected chi connectivity index (χ3v) is 5.34. The maximum Gasteiger partial charge on any atom is 0.161 e. The van der Waals surface area contributed by atoms with Gasteiger partial charge < -0.3 is 29.5 Å². The minimum atomic E-state index is -1.10. The van der Waals surface area contributed by atoms with Crippen molar-refractivity contribution >= 4 is 0 Å². The SMILES string of the molecule is CC1C(c2cccc(-c3ccc4c(c3)OCCO4)c2)OC(CO)C(O)C1O. The van der Waals surface area contributed by atoms with Gasteiger partial charge in [0.1, 0.15) is 25.4 Å². The number of benzene rings is 2. The predicted molar refractivity (Wildman–Crippen MR) is 98.7 cm³/mol. The second-order valence-corrected chi connectivity index (χ2v) is 7.10. The minimum absolute atomic E-state index is 0.307. The van der Waals surface area contributed by atoms with E-state index < -0.39 is 24.4 Å². The molecule has 2 heterocycles. The summed E-state index contributed by atoms with van der Waals surface area (Å²) in [6.45, 7) is 2.58. The summed E-state index contributed by atoms with van der Waals surface area (Å²) in [5.41, 5.74) is 2.87. The Bertz CT molecular complexity index is 805. The Hall–Kier alpha value is -2.12. The van der Waals surface area contributed by atoms with E-state index in [1.165, 1.54) is 0 Å². The zero-order chi connectivity index (χ0) is 19.0. The van der Waals surface area contributed by atoms with Gasteiger partial charge in [0.05, 0.1) is 18.8 Å². The Morgan fingerprint density at radius 3 is 2.44 bits per heavy atom. The Balaban J connectivity index is 1.64. The van der Waals surface area contributed by atoms with Crippen LogP contribution in [0.4, 0.5) is 0 Å². The van der Waals surface area contributed by atoms with E-state index in [0.29, 0.717) is 13.2 Å². The fourth-order valence-corrected chi connectivity index (χ4v) is 3.75. The Labute approximate surface area is 157 Å². The fourth-order valence-electron chi connectivity index (χ4n) is 3.75. The van der Waals surface area contributed by atoms with E-state index in [9.17, 15) is 15.3 Å². The van der Waals surface area contributed by atoms with Gasteiger partial charge in [-0.15, -0.1) is 0 Å². The lowest BCUT2D eigenvalue weighted by Crippen LogP contribution is -2.51. The lowest BCUT2D eigenvalue weighted by molar-refractivity contribution is -0.207. The molecule has 27 heavy (non-hydrogen) atoms. The van der Waals surface area contributed by atoms with Gasteiger partial charge in [-0.3, -0.25) is 0 Å². The maximum atomic E-state index is 10.3. The molecule has 2 aromatic rings. The zero-order valence-electron chi connectivity index (χ0n) is 15.1. The van der Waals surface area contributed by atoms with Crippen LogP contribution in [0.2, 0.25) is 0 Å². The van der Waals surface area contributed by atoms with Crippen molar-refractivity contribution < 1.29 is 29.5 Å². The summed E-state index contributed by atoms with van der Waals surface area (Å²) < 4.78 is 17.1. The molecule has 2 aliphatic rings. The van der Waals surface area contributed by atoms with E-state index in [4.69, 9.17) is 14.2 Å². The van der Waals surface area contributed by atoms with Gasteiger partial charge in [0, 0.05) is 5.92 Å². The van der Waals surface area contributed by atoms with Crippen molar-refractivity contribution in [2.75, 3.05) is 19.8 Å². The second-order valence-electron chi connectivity index (χ2n) is 7.10. The van der Waals surface area contributed by atoms with Gasteiger partial charge in [0.2, 0.25) is 0 Å². The Kier molecular flexibility index (Phi) is 5.06. The largest absolute Gasteiger partial charge is 0.486 e. The van der Waals surface area contributed by atoms with Crippen LogP contribution in [0.15, 0.2) is 42.5 Å². The van der Waals surface area contributed by atoms with Crippen LogP contribution >= 0.6 is 0 Å². The van der Waals surface area contributed by atoms with Crippen molar-refractivity contribution in [2.45, 2.75) is 31.3 Å². The maximum absolute atomic E-state index is 10.3. The first-order valence-corrected chi connectivity index (χ1v) is 9.21.